The van der Waals surface area contributed by atoms with Crippen LogP contribution in [0.25, 0.3) is 0 Å². The van der Waals surface area contributed by atoms with Crippen LogP contribution in [-0.2, 0) is 6.37 Å². The molecule has 1 rings (SSSR count). The number of hydrogen-bond acceptors (Lipinski definition) is 0. The van der Waals surface area contributed by atoms with Gasteiger partial charge in [-0.1, -0.05) is 46.3 Å². The molecule has 9 heavy (non-hydrogen) atoms. The summed E-state index contributed by atoms with van der Waals surface area (Å²) in [4.78, 5) is 0. The van der Waals surface area contributed by atoms with E-state index in [1.54, 1.807) is 30.3 Å². The van der Waals surface area contributed by atoms with E-state index in [9.17, 15) is 0 Å². The summed E-state index contributed by atoms with van der Waals surface area (Å²) in [5.74, 6) is 0. The molecule has 0 radical (unpaired) electrons. The Morgan fingerprint density at radius 1 is 1.33 bits per heavy atom. The highest BCUT2D eigenvalue weighted by Crippen LogP contribution is 2.00. The van der Waals surface area contributed by atoms with Crippen LogP contribution in [0.2, 0.25) is 0 Å². The van der Waals surface area contributed by atoms with Gasteiger partial charge in [0.2, 0.25) is 0 Å². The molecule has 1 heteroatoms. The van der Waals surface area contributed by atoms with Gasteiger partial charge in [0, 0.05) is 10.8 Å². The van der Waals surface area contributed by atoms with Crippen LogP contribution in [0.15, 0.2) is 30.3 Å². The molecule has 0 amide bonds. The van der Waals surface area contributed by atoms with Gasteiger partial charge in [0.25, 0.3) is 0 Å². The van der Waals surface area contributed by atoms with E-state index < -0.39 is 11.7 Å². The number of aryl methyl sites for hydroxylation is 1. The molecular weight excluding hydrogens is 176 g/mol. The smallest absolute Gasteiger partial charge is 0.0390 e. The van der Waals surface area contributed by atoms with Crippen molar-refractivity contribution >= 4 is 15.9 Å². The number of benzene rings is 1. The highest BCUT2D eigenvalue weighted by molar-refractivity contribution is 9.09. The zero-order valence-electron chi connectivity index (χ0n) is 8.76. The fraction of sp³-hybridized carbons (Fsp3) is 0.250. The van der Waals surface area contributed by atoms with Crippen LogP contribution < -0.4 is 0 Å². The number of rotatable bonds is 2. The highest BCUT2D eigenvalue weighted by Gasteiger charge is 1.85. The van der Waals surface area contributed by atoms with Crippen molar-refractivity contribution < 1.29 is 5.48 Å². The molecule has 0 aliphatic carbocycles. The van der Waals surface area contributed by atoms with Gasteiger partial charge in [-0.05, 0) is 11.9 Å². The molecule has 0 aliphatic rings. The fourth-order valence-electron chi connectivity index (χ4n) is 0.576. The van der Waals surface area contributed by atoms with Gasteiger partial charge in [0.1, 0.15) is 0 Å². The van der Waals surface area contributed by atoms with Crippen molar-refractivity contribution in [1.82, 2.24) is 0 Å². The maximum Gasteiger partial charge on any atom is 0.0390 e. The Bertz CT molecular complexity index is 278. The summed E-state index contributed by atoms with van der Waals surface area (Å²) in [6.07, 6.45) is -2.02. The second-order valence-corrected chi connectivity index (χ2v) is 1.98. The van der Waals surface area contributed by atoms with E-state index in [2.05, 4.69) is 15.9 Å². The second-order valence-electron chi connectivity index (χ2n) is 1.59. The molecule has 0 spiro atoms. The van der Waals surface area contributed by atoms with Crippen molar-refractivity contribution in [1.29, 1.82) is 0 Å². The van der Waals surface area contributed by atoms with Gasteiger partial charge in [-0.3, -0.25) is 0 Å². The van der Waals surface area contributed by atoms with Gasteiger partial charge in [-0.15, -0.1) is 0 Å². The third-order valence-corrected chi connectivity index (χ3v) is 1.16. The summed E-state index contributed by atoms with van der Waals surface area (Å²) in [5, 5.41) is -2.05. The van der Waals surface area contributed by atoms with E-state index in [0.29, 0.717) is 5.56 Å². The summed E-state index contributed by atoms with van der Waals surface area (Å²) in [7, 11) is 0. The van der Waals surface area contributed by atoms with Crippen LogP contribution in [0.5, 0.6) is 0 Å². The number of halogens is 1. The average molecular weight is 189 g/mol. The maximum atomic E-state index is 7.56. The molecule has 0 nitrogen and oxygen atoms in total. The van der Waals surface area contributed by atoms with Gasteiger partial charge < -0.3 is 0 Å². The molecule has 0 bridgehead atoms. The molecule has 0 saturated heterocycles. The van der Waals surface area contributed by atoms with Crippen LogP contribution in [0.1, 0.15) is 11.0 Å². The van der Waals surface area contributed by atoms with Crippen molar-refractivity contribution in [2.24, 2.45) is 0 Å². The molecule has 0 aliphatic heterocycles. The lowest BCUT2D eigenvalue weighted by atomic mass is 10.2. The average Bonchev–Trinajstić information content (AvgIpc) is 2.04. The van der Waals surface area contributed by atoms with Crippen molar-refractivity contribution in [3.8, 4) is 0 Å². The van der Waals surface area contributed by atoms with Gasteiger partial charge in [0.05, 0.1) is 0 Å². The topological polar surface area (TPSA) is 0 Å². The zero-order chi connectivity index (χ0) is 10.1. The Hall–Kier alpha value is -0.300. The molecule has 0 unspecified atom stereocenters. The lowest BCUT2D eigenvalue weighted by Gasteiger charge is -1.92. The minimum Gasteiger partial charge on any atom is -0.0924 e. The van der Waals surface area contributed by atoms with Crippen molar-refractivity contribution in [3.63, 3.8) is 0 Å². The molecule has 1 aromatic carbocycles. The van der Waals surface area contributed by atoms with Gasteiger partial charge in [-0.25, -0.2) is 0 Å². The highest BCUT2D eigenvalue weighted by atomic mass is 79.9. The molecule has 0 fully saturated rings. The Balaban J connectivity index is 3.08. The molecule has 48 valence electrons. The van der Waals surface area contributed by atoms with Crippen LogP contribution >= 0.6 is 15.9 Å². The number of alkyl halides is 1. The summed E-state index contributed by atoms with van der Waals surface area (Å²) in [5.41, 5.74) is 0.330. The summed E-state index contributed by atoms with van der Waals surface area (Å²) in [6.45, 7) is 0. The minimum absolute atomic E-state index is 0.330. The summed E-state index contributed by atoms with van der Waals surface area (Å²) in [6, 6.07) is 8.28. The van der Waals surface area contributed by atoms with Crippen LogP contribution in [0.4, 0.5) is 0 Å². The van der Waals surface area contributed by atoms with Gasteiger partial charge in [-0.2, -0.15) is 0 Å². The van der Waals surface area contributed by atoms with E-state index in [1.165, 1.54) is 0 Å². The van der Waals surface area contributed by atoms with Crippen molar-refractivity contribution in [2.75, 3.05) is 5.28 Å². The maximum absolute atomic E-state index is 7.56. The monoisotopic (exact) mass is 188 g/mol. The third-order valence-electron chi connectivity index (χ3n) is 0.965. The van der Waals surface area contributed by atoms with Crippen LogP contribution in [-0.4, -0.2) is 5.28 Å². The summed E-state index contributed by atoms with van der Waals surface area (Å²) >= 11 is 2.70. The van der Waals surface area contributed by atoms with E-state index in [1.807, 2.05) is 0 Å². The zero-order valence-corrected chi connectivity index (χ0v) is 6.35. The lowest BCUT2D eigenvalue weighted by molar-refractivity contribution is 1.17. The molecule has 0 heterocycles. The van der Waals surface area contributed by atoms with Crippen molar-refractivity contribution in [2.45, 2.75) is 6.37 Å². The predicted molar refractivity (Wildman–Crippen MR) is 43.9 cm³/mol. The third kappa shape index (κ3) is 2.19. The van der Waals surface area contributed by atoms with E-state index in [0.717, 1.165) is 0 Å². The molecule has 1 aromatic rings. The minimum atomic E-state index is -2.05. The first-order valence-corrected chi connectivity index (χ1v) is 3.39. The van der Waals surface area contributed by atoms with Crippen LogP contribution in [0.3, 0.4) is 0 Å². The first-order valence-electron chi connectivity index (χ1n) is 4.60. The van der Waals surface area contributed by atoms with E-state index in [-0.39, 0.29) is 0 Å². The predicted octanol–water partition coefficient (Wildman–Crippen LogP) is 2.62. The van der Waals surface area contributed by atoms with Gasteiger partial charge >= 0.3 is 0 Å². The van der Waals surface area contributed by atoms with E-state index in [4.69, 9.17) is 5.48 Å². The Kier molecular flexibility index (Phi) is 1.31. The lowest BCUT2D eigenvalue weighted by Crippen LogP contribution is -1.82. The van der Waals surface area contributed by atoms with E-state index >= 15 is 0 Å². The molecule has 0 N–H and O–H groups in total. The first-order chi connectivity index (χ1) is 5.86. The normalized spacial score (nSPS) is 19.2. The molecular formula is C8H9Br. The fourth-order valence-corrected chi connectivity index (χ4v) is 0.805. The largest absolute Gasteiger partial charge is 0.0924 e. The summed E-state index contributed by atoms with van der Waals surface area (Å²) < 4.78 is 29.7. The SMILES string of the molecule is [2H]C([2H])(Br)C([2H])([2H])c1ccccc1. The number of hydrogen-bond donors (Lipinski definition) is 0. The van der Waals surface area contributed by atoms with Crippen molar-refractivity contribution in [3.05, 3.63) is 35.9 Å². The first kappa shape index (κ1) is 3.20. The standard InChI is InChI=1S/C8H9Br/c9-7-6-8-4-2-1-3-5-8/h1-5H,6-7H2/i6D2,7D2. The molecule has 0 atom stereocenters. The Morgan fingerprint density at radius 2 is 2.00 bits per heavy atom. The van der Waals surface area contributed by atoms with Crippen LogP contribution in [0, 0.1) is 0 Å². The Morgan fingerprint density at radius 3 is 2.56 bits per heavy atom. The second kappa shape index (κ2) is 3.67. The Labute approximate surface area is 69.6 Å². The van der Waals surface area contributed by atoms with Gasteiger partial charge in [0.15, 0.2) is 0 Å². The molecule has 0 saturated carbocycles. The quantitative estimate of drug-likeness (QED) is 0.627. The molecule has 0 aromatic heterocycles.